The summed E-state index contributed by atoms with van der Waals surface area (Å²) in [4.78, 5) is 12.3. The molecule has 0 aromatic rings. The molecule has 2 aliphatic heterocycles. The van der Waals surface area contributed by atoms with Gasteiger partial charge in [0.15, 0.2) is 18.7 Å². The van der Waals surface area contributed by atoms with Gasteiger partial charge in [0.25, 0.3) is 0 Å². The lowest BCUT2D eigenvalue weighted by atomic mass is 9.33. The molecule has 9 N–H and O–H groups in total. The van der Waals surface area contributed by atoms with Gasteiger partial charge in [-0.25, -0.2) is 4.79 Å². The highest BCUT2D eigenvalue weighted by atomic mass is 16.7. The van der Waals surface area contributed by atoms with E-state index in [0.717, 1.165) is 44.9 Å². The molecule has 0 spiro atoms. The maximum atomic E-state index is 12.3. The lowest BCUT2D eigenvalue weighted by Crippen LogP contribution is -2.68. The number of carbonyl (C=O) groups is 1. The van der Waals surface area contributed by atoms with Crippen LogP contribution >= 0.6 is 0 Å². The zero-order valence-corrected chi connectivity index (χ0v) is 34.1. The zero-order chi connectivity index (χ0) is 41.1. The van der Waals surface area contributed by atoms with Crippen LogP contribution in [0.25, 0.3) is 0 Å². The Morgan fingerprint density at radius 1 is 0.768 bits per heavy atom. The minimum absolute atomic E-state index is 0.00988. The number of allylic oxidation sites excluding steroid dienone is 2. The number of ether oxygens (including phenoxy) is 4. The molecule has 0 amide bonds. The van der Waals surface area contributed by atoms with E-state index in [4.69, 9.17) is 18.9 Å². The zero-order valence-electron chi connectivity index (χ0n) is 34.1. The molecule has 0 bridgehead atoms. The molecule has 2 saturated heterocycles. The Hall–Kier alpha value is -1.27. The van der Waals surface area contributed by atoms with Crippen molar-refractivity contribution in [2.45, 2.75) is 180 Å². The van der Waals surface area contributed by atoms with Gasteiger partial charge >= 0.3 is 5.97 Å². The first kappa shape index (κ1) is 42.8. The molecular formula is C42H68O14. The van der Waals surface area contributed by atoms with E-state index in [1.165, 1.54) is 5.57 Å². The maximum Gasteiger partial charge on any atom is 0.335 e. The Morgan fingerprint density at radius 2 is 1.45 bits per heavy atom. The van der Waals surface area contributed by atoms with Crippen molar-refractivity contribution < 1.29 is 69.7 Å². The minimum Gasteiger partial charge on any atom is -0.479 e. The van der Waals surface area contributed by atoms with Gasteiger partial charge in [-0.05, 0) is 103 Å². The van der Waals surface area contributed by atoms with Crippen molar-refractivity contribution in [2.24, 2.45) is 50.2 Å². The molecule has 7 rings (SSSR count). The summed E-state index contributed by atoms with van der Waals surface area (Å²) in [7, 11) is 0. The van der Waals surface area contributed by atoms with E-state index in [0.29, 0.717) is 18.8 Å². The normalized spacial score (nSPS) is 53.8. The van der Waals surface area contributed by atoms with Crippen molar-refractivity contribution in [1.29, 1.82) is 0 Å². The van der Waals surface area contributed by atoms with E-state index >= 15 is 0 Å². The van der Waals surface area contributed by atoms with Crippen LogP contribution in [0.1, 0.15) is 106 Å². The highest BCUT2D eigenvalue weighted by Crippen LogP contribution is 2.76. The molecule has 2 heterocycles. The molecule has 5 aliphatic carbocycles. The van der Waals surface area contributed by atoms with Crippen molar-refractivity contribution >= 4 is 5.97 Å². The Morgan fingerprint density at radius 3 is 2.09 bits per heavy atom. The molecule has 7 aliphatic rings. The summed E-state index contributed by atoms with van der Waals surface area (Å²) in [5.74, 6) is -0.932. The van der Waals surface area contributed by atoms with Crippen LogP contribution in [0.4, 0.5) is 0 Å². The van der Waals surface area contributed by atoms with Gasteiger partial charge in [-0.2, -0.15) is 0 Å². The molecule has 19 atom stereocenters. The molecule has 0 radical (unpaired) electrons. The van der Waals surface area contributed by atoms with Crippen LogP contribution in [0.15, 0.2) is 11.6 Å². The first-order valence-electron chi connectivity index (χ1n) is 20.9. The number of carboxylic acid groups (broad SMARTS) is 1. The second kappa shape index (κ2) is 14.4. The molecule has 320 valence electrons. The molecule has 0 aromatic carbocycles. The van der Waals surface area contributed by atoms with Crippen molar-refractivity contribution in [3.05, 3.63) is 11.6 Å². The maximum absolute atomic E-state index is 12.3. The topological polar surface area (TPSA) is 236 Å². The van der Waals surface area contributed by atoms with Crippen LogP contribution in [0.5, 0.6) is 0 Å². The van der Waals surface area contributed by atoms with Crippen molar-refractivity contribution in [3.63, 3.8) is 0 Å². The van der Waals surface area contributed by atoms with E-state index in [9.17, 15) is 50.8 Å². The first-order chi connectivity index (χ1) is 26.0. The van der Waals surface area contributed by atoms with E-state index in [2.05, 4.69) is 54.5 Å². The predicted molar refractivity (Wildman–Crippen MR) is 199 cm³/mol. The molecule has 14 heteroatoms. The van der Waals surface area contributed by atoms with E-state index in [1.54, 1.807) is 0 Å². The van der Waals surface area contributed by atoms with Crippen LogP contribution < -0.4 is 0 Å². The third kappa shape index (κ3) is 6.21. The van der Waals surface area contributed by atoms with Gasteiger partial charge < -0.3 is 64.9 Å². The number of aliphatic carboxylic acids is 1. The minimum atomic E-state index is -1.93. The summed E-state index contributed by atoms with van der Waals surface area (Å²) in [6, 6.07) is 0. The Balaban J connectivity index is 1.13. The molecular weight excluding hydrogens is 728 g/mol. The second-order valence-electron chi connectivity index (χ2n) is 20.9. The standard InChI is InChI=1S/C42H68O14/c1-37(2)14-15-42(19-44)21(16-37)20-8-9-24-39(5)12-11-26(38(3,4)23(39)10-13-40(24,6)41(20,7)17-25(42)45)54-36-31(50)32(30(49)33(56-36)34(51)52)55-35-29(48)28(47)27(46)22(18-43)53-35/h8,21-33,35-36,43-50H,9-19H2,1-7H3,(H,51,52). The summed E-state index contributed by atoms with van der Waals surface area (Å²) in [5, 5.41) is 96.3. The number of hydrogen-bond donors (Lipinski definition) is 9. The molecule has 19 unspecified atom stereocenters. The lowest BCUT2D eigenvalue weighted by Gasteiger charge is -2.72. The number of carboxylic acids is 1. The number of hydrogen-bond acceptors (Lipinski definition) is 13. The summed E-state index contributed by atoms with van der Waals surface area (Å²) >= 11 is 0. The number of aliphatic hydroxyl groups excluding tert-OH is 8. The number of aliphatic hydroxyl groups is 8. The third-order valence-electron chi connectivity index (χ3n) is 17.3. The van der Waals surface area contributed by atoms with Gasteiger partial charge in [0, 0.05) is 5.41 Å². The fraction of sp³-hybridized carbons (Fsp3) is 0.929. The smallest absolute Gasteiger partial charge is 0.335 e. The highest BCUT2D eigenvalue weighted by Gasteiger charge is 2.70. The molecule has 0 aromatic heterocycles. The van der Waals surface area contributed by atoms with Crippen molar-refractivity contribution in [1.82, 2.24) is 0 Å². The van der Waals surface area contributed by atoms with Crippen molar-refractivity contribution in [2.75, 3.05) is 13.2 Å². The van der Waals surface area contributed by atoms with Crippen LogP contribution in [-0.4, -0.2) is 139 Å². The SMILES string of the molecule is CC1(C)CCC2(CO)C(O)CC3(C)C(=CCC4C5(C)CCC(OC6OC(C(=O)O)C(O)C(OC7OC(CO)C(O)C(O)C7O)C6O)C(C)(C)C5CCC43C)C2C1. The number of fused-ring (bicyclic) bond motifs is 7. The highest BCUT2D eigenvalue weighted by molar-refractivity contribution is 5.73. The van der Waals surface area contributed by atoms with Crippen LogP contribution in [-0.2, 0) is 23.7 Å². The number of rotatable bonds is 7. The molecule has 4 saturated carbocycles. The predicted octanol–water partition coefficient (Wildman–Crippen LogP) is 1.85. The second-order valence-corrected chi connectivity index (χ2v) is 20.9. The largest absolute Gasteiger partial charge is 0.479 e. The first-order valence-corrected chi connectivity index (χ1v) is 20.9. The van der Waals surface area contributed by atoms with Gasteiger partial charge in [-0.15, -0.1) is 0 Å². The van der Waals surface area contributed by atoms with E-state index in [1.807, 2.05) is 0 Å². The summed E-state index contributed by atoms with van der Waals surface area (Å²) < 4.78 is 23.5. The average molecular weight is 797 g/mol. The van der Waals surface area contributed by atoms with E-state index in [-0.39, 0.29) is 40.1 Å². The summed E-state index contributed by atoms with van der Waals surface area (Å²) in [6.45, 7) is 15.4. The van der Waals surface area contributed by atoms with Gasteiger partial charge in [0.1, 0.15) is 42.7 Å². The van der Waals surface area contributed by atoms with Gasteiger partial charge in [0.2, 0.25) is 0 Å². The Bertz CT molecular complexity index is 1520. The fourth-order valence-electron chi connectivity index (χ4n) is 13.8. The van der Waals surface area contributed by atoms with E-state index < -0.39 is 97.0 Å². The average Bonchev–Trinajstić information content (AvgIpc) is 3.12. The van der Waals surface area contributed by atoms with Crippen LogP contribution in [0.3, 0.4) is 0 Å². The Kier molecular flexibility index (Phi) is 11.0. The van der Waals surface area contributed by atoms with Crippen LogP contribution in [0.2, 0.25) is 0 Å². The van der Waals surface area contributed by atoms with Crippen LogP contribution in [0, 0.1) is 50.2 Å². The lowest BCUT2D eigenvalue weighted by molar-refractivity contribution is -0.365. The quantitative estimate of drug-likeness (QED) is 0.132. The molecule has 14 nitrogen and oxygen atoms in total. The summed E-state index contributed by atoms with van der Waals surface area (Å²) in [6.07, 6.45) is -8.30. The van der Waals surface area contributed by atoms with Gasteiger partial charge in [-0.3, -0.25) is 0 Å². The van der Waals surface area contributed by atoms with Gasteiger partial charge in [-0.1, -0.05) is 60.1 Å². The summed E-state index contributed by atoms with van der Waals surface area (Å²) in [5.41, 5.74) is 0.0827. The fourth-order valence-corrected chi connectivity index (χ4v) is 13.8. The third-order valence-corrected chi connectivity index (χ3v) is 17.3. The van der Waals surface area contributed by atoms with Crippen molar-refractivity contribution in [3.8, 4) is 0 Å². The Labute approximate surface area is 330 Å². The monoisotopic (exact) mass is 796 g/mol. The molecule has 56 heavy (non-hydrogen) atoms. The van der Waals surface area contributed by atoms with Gasteiger partial charge in [0.05, 0.1) is 25.4 Å². The molecule has 6 fully saturated rings.